The molecule has 3 aromatic carbocycles. The summed E-state index contributed by atoms with van der Waals surface area (Å²) in [4.78, 5) is 12.6. The van der Waals surface area contributed by atoms with E-state index in [4.69, 9.17) is 16.3 Å². The van der Waals surface area contributed by atoms with Crippen molar-refractivity contribution < 1.29 is 9.53 Å². The fraction of sp³-hybridized carbons (Fsp3) is 0.367. The molecule has 0 aliphatic heterocycles. The van der Waals surface area contributed by atoms with Crippen molar-refractivity contribution in [3.8, 4) is 16.9 Å². The second-order valence-corrected chi connectivity index (χ2v) is 9.09. The van der Waals surface area contributed by atoms with Crippen LogP contribution in [-0.4, -0.2) is 5.97 Å². The number of halogens is 1. The molecule has 0 radical (unpaired) electrons. The lowest BCUT2D eigenvalue weighted by Crippen LogP contribution is -2.08. The molecule has 3 rings (SSSR count). The summed E-state index contributed by atoms with van der Waals surface area (Å²) in [6.45, 7) is 4.43. The third-order valence-electron chi connectivity index (χ3n) is 6.01. The highest BCUT2D eigenvalue weighted by molar-refractivity contribution is 6.31. The van der Waals surface area contributed by atoms with Crippen molar-refractivity contribution in [1.82, 2.24) is 0 Å². The lowest BCUT2D eigenvalue weighted by atomic mass is 10.00. The summed E-state index contributed by atoms with van der Waals surface area (Å²) in [5, 5.41) is 0.811. The van der Waals surface area contributed by atoms with Crippen molar-refractivity contribution in [3.05, 3.63) is 88.4 Å². The van der Waals surface area contributed by atoms with Gasteiger partial charge in [0.25, 0.3) is 0 Å². The molecule has 3 aromatic rings. The van der Waals surface area contributed by atoms with Gasteiger partial charge in [-0.25, -0.2) is 4.79 Å². The van der Waals surface area contributed by atoms with E-state index in [0.717, 1.165) is 29.0 Å². The largest absolute Gasteiger partial charge is 0.423 e. The molecule has 0 fully saturated rings. The molecular weight excluding hydrogens is 428 g/mol. The van der Waals surface area contributed by atoms with Crippen LogP contribution in [0.2, 0.25) is 5.02 Å². The first-order valence-corrected chi connectivity index (χ1v) is 12.7. The maximum Gasteiger partial charge on any atom is 0.343 e. The molecule has 0 saturated heterocycles. The summed E-state index contributed by atoms with van der Waals surface area (Å²) >= 11 is 6.54. The van der Waals surface area contributed by atoms with Crippen LogP contribution in [0.25, 0.3) is 11.1 Å². The molecule has 0 atom stereocenters. The van der Waals surface area contributed by atoms with Crippen molar-refractivity contribution >= 4 is 17.6 Å². The van der Waals surface area contributed by atoms with Crippen molar-refractivity contribution in [2.24, 2.45) is 0 Å². The average Bonchev–Trinajstić information content (AvgIpc) is 2.84. The van der Waals surface area contributed by atoms with Crippen LogP contribution in [-0.2, 0) is 12.8 Å². The van der Waals surface area contributed by atoms with Crippen molar-refractivity contribution in [2.45, 2.75) is 71.6 Å². The van der Waals surface area contributed by atoms with Crippen LogP contribution in [0.1, 0.15) is 80.3 Å². The number of hydrogen-bond donors (Lipinski definition) is 0. The van der Waals surface area contributed by atoms with Gasteiger partial charge in [0.1, 0.15) is 5.75 Å². The van der Waals surface area contributed by atoms with Gasteiger partial charge >= 0.3 is 5.97 Å². The molecule has 0 heterocycles. The van der Waals surface area contributed by atoms with Gasteiger partial charge in [-0.2, -0.15) is 0 Å². The van der Waals surface area contributed by atoms with E-state index in [-0.39, 0.29) is 5.97 Å². The predicted octanol–water partition coefficient (Wildman–Crippen LogP) is 9.08. The van der Waals surface area contributed by atoms with Gasteiger partial charge in [0.2, 0.25) is 0 Å². The lowest BCUT2D eigenvalue weighted by molar-refractivity contribution is 0.0734. The van der Waals surface area contributed by atoms with Crippen LogP contribution in [0.4, 0.5) is 0 Å². The van der Waals surface area contributed by atoms with Crippen LogP contribution in [0.15, 0.2) is 66.7 Å². The smallest absolute Gasteiger partial charge is 0.343 e. The number of rotatable bonds is 12. The molecule has 174 valence electrons. The molecule has 0 aliphatic carbocycles. The Kier molecular flexibility index (Phi) is 10.0. The van der Waals surface area contributed by atoms with E-state index in [1.54, 1.807) is 0 Å². The minimum absolute atomic E-state index is 0.347. The third-order valence-corrected chi connectivity index (χ3v) is 6.36. The van der Waals surface area contributed by atoms with E-state index >= 15 is 0 Å². The highest BCUT2D eigenvalue weighted by Crippen LogP contribution is 2.27. The molecular formula is C30H35ClO2. The first-order valence-electron chi connectivity index (χ1n) is 12.3. The Morgan fingerprint density at radius 3 is 2.03 bits per heavy atom. The van der Waals surface area contributed by atoms with Crippen LogP contribution < -0.4 is 4.74 Å². The quantitative estimate of drug-likeness (QED) is 0.152. The molecule has 0 saturated carbocycles. The summed E-state index contributed by atoms with van der Waals surface area (Å²) in [5.41, 5.74) is 5.09. The first kappa shape index (κ1) is 25.1. The topological polar surface area (TPSA) is 26.3 Å². The molecule has 33 heavy (non-hydrogen) atoms. The fourth-order valence-electron chi connectivity index (χ4n) is 3.94. The fourth-order valence-corrected chi connectivity index (χ4v) is 4.21. The Morgan fingerprint density at radius 1 is 0.727 bits per heavy atom. The number of aryl methyl sites for hydroxylation is 2. The first-order chi connectivity index (χ1) is 16.1. The number of hydrogen-bond acceptors (Lipinski definition) is 2. The van der Waals surface area contributed by atoms with Crippen LogP contribution in [0, 0.1) is 0 Å². The number of ether oxygens (including phenoxy) is 1. The monoisotopic (exact) mass is 462 g/mol. The molecule has 0 amide bonds. The van der Waals surface area contributed by atoms with Gasteiger partial charge in [0, 0.05) is 5.02 Å². The lowest BCUT2D eigenvalue weighted by Gasteiger charge is -2.09. The van der Waals surface area contributed by atoms with Crippen LogP contribution in [0.5, 0.6) is 5.75 Å². The van der Waals surface area contributed by atoms with E-state index < -0.39 is 0 Å². The molecule has 0 bridgehead atoms. The van der Waals surface area contributed by atoms with Crippen LogP contribution in [0.3, 0.4) is 0 Å². The van der Waals surface area contributed by atoms with Gasteiger partial charge in [-0.1, -0.05) is 94.0 Å². The summed E-state index contributed by atoms with van der Waals surface area (Å²) in [5.74, 6) is 0.227. The van der Waals surface area contributed by atoms with Crippen molar-refractivity contribution in [1.29, 1.82) is 0 Å². The maximum absolute atomic E-state index is 12.6. The number of benzene rings is 3. The van der Waals surface area contributed by atoms with E-state index in [0.29, 0.717) is 11.3 Å². The van der Waals surface area contributed by atoms with Crippen molar-refractivity contribution in [3.63, 3.8) is 0 Å². The molecule has 0 unspecified atom stereocenters. The Hall–Kier alpha value is -2.58. The Morgan fingerprint density at radius 2 is 1.36 bits per heavy atom. The summed E-state index contributed by atoms with van der Waals surface area (Å²) in [6.07, 6.45) is 10.6. The number of carbonyl (C=O) groups is 1. The van der Waals surface area contributed by atoms with Gasteiger partial charge in [-0.3, -0.25) is 0 Å². The summed E-state index contributed by atoms with van der Waals surface area (Å²) in [7, 11) is 0. The summed E-state index contributed by atoms with van der Waals surface area (Å²) in [6, 6.07) is 21.6. The number of carbonyl (C=O) groups excluding carboxylic acids is 1. The van der Waals surface area contributed by atoms with Gasteiger partial charge in [-0.15, -0.1) is 0 Å². The van der Waals surface area contributed by atoms with Crippen molar-refractivity contribution in [2.75, 3.05) is 0 Å². The zero-order chi connectivity index (χ0) is 23.5. The Bertz CT molecular complexity index is 1010. The second-order valence-electron chi connectivity index (χ2n) is 8.68. The van der Waals surface area contributed by atoms with Gasteiger partial charge < -0.3 is 4.74 Å². The minimum Gasteiger partial charge on any atom is -0.423 e. The molecule has 2 nitrogen and oxygen atoms in total. The van der Waals surface area contributed by atoms with E-state index in [9.17, 15) is 4.79 Å². The highest BCUT2D eigenvalue weighted by Gasteiger charge is 2.10. The second kappa shape index (κ2) is 13.2. The van der Waals surface area contributed by atoms with Gasteiger partial charge in [-0.05, 0) is 78.3 Å². The van der Waals surface area contributed by atoms with E-state index in [2.05, 4.69) is 26.0 Å². The molecule has 0 aromatic heterocycles. The van der Waals surface area contributed by atoms with E-state index in [1.165, 1.54) is 56.1 Å². The zero-order valence-electron chi connectivity index (χ0n) is 19.9. The van der Waals surface area contributed by atoms with Crippen LogP contribution >= 0.6 is 11.6 Å². The normalized spacial score (nSPS) is 10.9. The van der Waals surface area contributed by atoms with Gasteiger partial charge in [0.15, 0.2) is 0 Å². The standard InChI is InChI=1S/C30H35ClO2/c1-3-5-7-9-11-25-16-19-27(22-29(25)31)24-14-17-26(18-15-24)30(32)33-28-20-12-23(13-21-28)10-8-6-4-2/h12-22H,3-11H2,1-2H3. The third kappa shape index (κ3) is 7.75. The average molecular weight is 463 g/mol. The SMILES string of the molecule is CCCCCCc1ccc(-c2ccc(C(=O)Oc3ccc(CCCCC)cc3)cc2)cc1Cl. The van der Waals surface area contributed by atoms with E-state index in [1.807, 2.05) is 54.6 Å². The molecule has 0 N–H and O–H groups in total. The Balaban J connectivity index is 1.58. The number of unbranched alkanes of at least 4 members (excludes halogenated alkanes) is 5. The predicted molar refractivity (Wildman–Crippen MR) is 139 cm³/mol. The molecule has 0 spiro atoms. The summed E-state index contributed by atoms with van der Waals surface area (Å²) < 4.78 is 5.56. The van der Waals surface area contributed by atoms with Gasteiger partial charge in [0.05, 0.1) is 5.56 Å². The zero-order valence-corrected chi connectivity index (χ0v) is 20.7. The molecule has 3 heteroatoms. The number of esters is 1. The molecule has 0 aliphatic rings. The Labute approximate surface area is 204 Å². The maximum atomic E-state index is 12.6. The highest BCUT2D eigenvalue weighted by atomic mass is 35.5. The minimum atomic E-state index is -0.347.